The number of aliphatic imine (C=N–C) groups is 1. The number of nitrogen functional groups attached to an aromatic ring is 1. The van der Waals surface area contributed by atoms with Gasteiger partial charge in [0.1, 0.15) is 11.6 Å². The van der Waals surface area contributed by atoms with Crippen molar-refractivity contribution in [3.8, 4) is 5.75 Å². The molecule has 1 aliphatic carbocycles. The van der Waals surface area contributed by atoms with Crippen LogP contribution in [0.1, 0.15) is 51.9 Å². The minimum Gasteiger partial charge on any atom is -0.480 e. The van der Waals surface area contributed by atoms with Crippen molar-refractivity contribution in [2.75, 3.05) is 11.1 Å². The molecule has 4 heteroatoms. The minimum absolute atomic E-state index is 0.0163. The van der Waals surface area contributed by atoms with E-state index in [-0.39, 0.29) is 6.10 Å². The molecule has 1 aliphatic heterocycles. The van der Waals surface area contributed by atoms with Crippen molar-refractivity contribution in [1.82, 2.24) is 0 Å². The SMILES string of the molecule is CCC1Oc2cc(N)ccc2NC1=NC1CCCCCC1. The van der Waals surface area contributed by atoms with Crippen LogP contribution in [-0.2, 0) is 0 Å². The van der Waals surface area contributed by atoms with Crippen LogP contribution < -0.4 is 15.8 Å². The van der Waals surface area contributed by atoms with Gasteiger partial charge in [-0.05, 0) is 31.4 Å². The van der Waals surface area contributed by atoms with Crippen molar-refractivity contribution in [2.24, 2.45) is 4.99 Å². The molecule has 1 unspecified atom stereocenters. The number of hydrogen-bond donors (Lipinski definition) is 2. The second-order valence-corrected chi connectivity index (χ2v) is 6.06. The largest absolute Gasteiger partial charge is 0.480 e. The number of nitrogens with two attached hydrogens (primary N) is 1. The molecule has 1 atom stereocenters. The fourth-order valence-corrected chi connectivity index (χ4v) is 3.14. The maximum atomic E-state index is 6.07. The van der Waals surface area contributed by atoms with E-state index < -0.39 is 0 Å². The number of benzene rings is 1. The number of anilines is 2. The zero-order valence-corrected chi connectivity index (χ0v) is 12.8. The summed E-state index contributed by atoms with van der Waals surface area (Å²) in [4.78, 5) is 4.98. The highest BCUT2D eigenvalue weighted by atomic mass is 16.5. The number of nitrogens with zero attached hydrogens (tertiary/aromatic N) is 1. The third-order valence-corrected chi connectivity index (χ3v) is 4.36. The van der Waals surface area contributed by atoms with Crippen LogP contribution in [-0.4, -0.2) is 18.0 Å². The predicted molar refractivity (Wildman–Crippen MR) is 88.1 cm³/mol. The zero-order chi connectivity index (χ0) is 14.7. The Morgan fingerprint density at radius 1 is 1.24 bits per heavy atom. The Kier molecular flexibility index (Phi) is 4.32. The standard InChI is InChI=1S/C17H25N3O/c1-2-15-17(19-13-7-5-3-4-6-8-13)20-14-10-9-12(18)11-16(14)21-15/h9-11,13,15H,2-8,18H2,1H3,(H,19,20). The van der Waals surface area contributed by atoms with Crippen LogP contribution in [0.2, 0.25) is 0 Å². The molecule has 21 heavy (non-hydrogen) atoms. The molecule has 1 saturated carbocycles. The van der Waals surface area contributed by atoms with Gasteiger partial charge in [-0.15, -0.1) is 0 Å². The van der Waals surface area contributed by atoms with Crippen LogP contribution in [0.15, 0.2) is 23.2 Å². The fraction of sp³-hybridized carbons (Fsp3) is 0.588. The summed E-state index contributed by atoms with van der Waals surface area (Å²) in [5.41, 5.74) is 7.54. The first-order valence-electron chi connectivity index (χ1n) is 8.17. The number of ether oxygens (including phenoxy) is 1. The molecule has 2 aliphatic rings. The van der Waals surface area contributed by atoms with Gasteiger partial charge in [0.15, 0.2) is 6.10 Å². The molecule has 0 amide bonds. The van der Waals surface area contributed by atoms with Gasteiger partial charge in [0.2, 0.25) is 0 Å². The van der Waals surface area contributed by atoms with Crippen molar-refractivity contribution < 1.29 is 4.74 Å². The van der Waals surface area contributed by atoms with E-state index in [1.807, 2.05) is 18.2 Å². The Hall–Kier alpha value is -1.71. The molecular weight excluding hydrogens is 262 g/mol. The smallest absolute Gasteiger partial charge is 0.155 e. The van der Waals surface area contributed by atoms with Crippen molar-refractivity contribution in [3.05, 3.63) is 18.2 Å². The molecule has 1 heterocycles. The highest BCUT2D eigenvalue weighted by Crippen LogP contribution is 2.33. The Balaban J connectivity index is 1.82. The molecule has 1 aromatic carbocycles. The number of fused-ring (bicyclic) bond motifs is 1. The van der Waals surface area contributed by atoms with E-state index in [4.69, 9.17) is 15.5 Å². The third kappa shape index (κ3) is 3.31. The van der Waals surface area contributed by atoms with Crippen molar-refractivity contribution >= 4 is 17.2 Å². The van der Waals surface area contributed by atoms with E-state index in [1.54, 1.807) is 0 Å². The lowest BCUT2D eigenvalue weighted by atomic mass is 10.1. The van der Waals surface area contributed by atoms with E-state index in [1.165, 1.54) is 38.5 Å². The van der Waals surface area contributed by atoms with Gasteiger partial charge < -0.3 is 15.8 Å². The van der Waals surface area contributed by atoms with E-state index in [2.05, 4.69) is 12.2 Å². The van der Waals surface area contributed by atoms with Crippen molar-refractivity contribution in [2.45, 2.75) is 64.0 Å². The van der Waals surface area contributed by atoms with E-state index in [0.29, 0.717) is 6.04 Å². The van der Waals surface area contributed by atoms with Gasteiger partial charge in [-0.1, -0.05) is 32.6 Å². The summed E-state index contributed by atoms with van der Waals surface area (Å²) in [5, 5.41) is 3.46. The normalized spacial score (nSPS) is 24.8. The molecule has 0 saturated heterocycles. The van der Waals surface area contributed by atoms with Gasteiger partial charge in [-0.2, -0.15) is 0 Å². The van der Waals surface area contributed by atoms with Crippen LogP contribution in [0.4, 0.5) is 11.4 Å². The molecular formula is C17H25N3O. The van der Waals surface area contributed by atoms with Gasteiger partial charge in [0, 0.05) is 11.8 Å². The lowest BCUT2D eigenvalue weighted by Crippen LogP contribution is -2.37. The van der Waals surface area contributed by atoms with Crippen LogP contribution in [0, 0.1) is 0 Å². The van der Waals surface area contributed by atoms with Gasteiger partial charge in [-0.3, -0.25) is 4.99 Å². The molecule has 114 valence electrons. The first-order chi connectivity index (χ1) is 10.3. The topological polar surface area (TPSA) is 59.6 Å². The van der Waals surface area contributed by atoms with Crippen LogP contribution in [0.25, 0.3) is 0 Å². The summed E-state index contributed by atoms with van der Waals surface area (Å²) in [6.07, 6.45) is 8.63. The van der Waals surface area contributed by atoms with Gasteiger partial charge in [-0.25, -0.2) is 0 Å². The van der Waals surface area contributed by atoms with Gasteiger partial charge >= 0.3 is 0 Å². The number of rotatable bonds is 2. The molecule has 3 N–H and O–H groups in total. The lowest BCUT2D eigenvalue weighted by molar-refractivity contribution is 0.257. The molecule has 0 bridgehead atoms. The van der Waals surface area contributed by atoms with Crippen molar-refractivity contribution in [3.63, 3.8) is 0 Å². The molecule has 4 nitrogen and oxygen atoms in total. The lowest BCUT2D eigenvalue weighted by Gasteiger charge is -2.29. The van der Waals surface area contributed by atoms with Crippen LogP contribution in [0.5, 0.6) is 5.75 Å². The van der Waals surface area contributed by atoms with Gasteiger partial charge in [0.05, 0.1) is 11.7 Å². The molecule has 0 aromatic heterocycles. The Bertz CT molecular complexity index is 519. The minimum atomic E-state index is 0.0163. The monoisotopic (exact) mass is 287 g/mol. The van der Waals surface area contributed by atoms with Gasteiger partial charge in [0.25, 0.3) is 0 Å². The third-order valence-electron chi connectivity index (χ3n) is 4.36. The Labute approximate surface area is 126 Å². The molecule has 1 fully saturated rings. The number of amidine groups is 1. The summed E-state index contributed by atoms with van der Waals surface area (Å²) in [6, 6.07) is 6.19. The Morgan fingerprint density at radius 3 is 2.71 bits per heavy atom. The summed E-state index contributed by atoms with van der Waals surface area (Å²) in [6.45, 7) is 2.13. The average Bonchev–Trinajstić information content (AvgIpc) is 2.75. The molecule has 1 aromatic rings. The summed E-state index contributed by atoms with van der Waals surface area (Å²) in [5.74, 6) is 1.82. The van der Waals surface area contributed by atoms with Crippen LogP contribution >= 0.6 is 0 Å². The fourth-order valence-electron chi connectivity index (χ4n) is 3.14. The molecule has 0 spiro atoms. The highest BCUT2D eigenvalue weighted by Gasteiger charge is 2.25. The number of nitrogens with one attached hydrogen (secondary N) is 1. The quantitative estimate of drug-likeness (QED) is 0.639. The van der Waals surface area contributed by atoms with E-state index in [0.717, 1.165) is 29.4 Å². The van der Waals surface area contributed by atoms with Crippen LogP contribution in [0.3, 0.4) is 0 Å². The first-order valence-corrected chi connectivity index (χ1v) is 8.17. The molecule has 3 rings (SSSR count). The first kappa shape index (κ1) is 14.2. The average molecular weight is 287 g/mol. The maximum Gasteiger partial charge on any atom is 0.155 e. The maximum absolute atomic E-state index is 6.07. The highest BCUT2D eigenvalue weighted by molar-refractivity contribution is 6.02. The zero-order valence-electron chi connectivity index (χ0n) is 12.8. The summed E-state index contributed by atoms with van der Waals surface area (Å²) in [7, 11) is 0. The predicted octanol–water partition coefficient (Wildman–Crippen LogP) is 3.97. The van der Waals surface area contributed by atoms with E-state index >= 15 is 0 Å². The molecule has 0 radical (unpaired) electrons. The second kappa shape index (κ2) is 6.37. The van der Waals surface area contributed by atoms with E-state index in [9.17, 15) is 0 Å². The van der Waals surface area contributed by atoms with Crippen molar-refractivity contribution in [1.29, 1.82) is 0 Å². The Morgan fingerprint density at radius 2 is 2.00 bits per heavy atom. The number of hydrogen-bond acceptors (Lipinski definition) is 3. The summed E-state index contributed by atoms with van der Waals surface area (Å²) < 4.78 is 6.07. The summed E-state index contributed by atoms with van der Waals surface area (Å²) >= 11 is 0. The second-order valence-electron chi connectivity index (χ2n) is 6.06.